The molecule has 2 aromatic rings. The second-order valence-electron chi connectivity index (χ2n) is 5.53. The summed E-state index contributed by atoms with van der Waals surface area (Å²) in [7, 11) is 0. The van der Waals surface area contributed by atoms with Crippen LogP contribution in [0.5, 0.6) is 0 Å². The summed E-state index contributed by atoms with van der Waals surface area (Å²) in [5.74, 6) is -0.435. The van der Waals surface area contributed by atoms with Crippen LogP contribution in [0, 0.1) is 11.6 Å². The van der Waals surface area contributed by atoms with Crippen LogP contribution >= 0.6 is 15.9 Å². The fourth-order valence-electron chi connectivity index (χ4n) is 2.71. The van der Waals surface area contributed by atoms with Crippen molar-refractivity contribution in [2.45, 2.75) is 31.3 Å². The quantitative estimate of drug-likeness (QED) is 0.836. The lowest BCUT2D eigenvalue weighted by Gasteiger charge is -2.36. The standard InChI is InChI=1S/C17H16BrF2N/c18-14-4-1-11(2-5-14)13-7-16(8-13)21-10-12-3-6-15(19)9-17(12)20/h1-6,9,13,16,21H,7-8,10H2. The highest BCUT2D eigenvalue weighted by Gasteiger charge is 2.29. The maximum absolute atomic E-state index is 13.5. The Hall–Kier alpha value is -1.26. The Morgan fingerprint density at radius 3 is 2.43 bits per heavy atom. The third-order valence-corrected chi connectivity index (χ3v) is 4.60. The molecule has 3 rings (SSSR count). The number of halogens is 3. The Labute approximate surface area is 131 Å². The summed E-state index contributed by atoms with van der Waals surface area (Å²) < 4.78 is 27.4. The lowest BCUT2D eigenvalue weighted by molar-refractivity contribution is 0.288. The predicted octanol–water partition coefficient (Wildman–Crippen LogP) is 4.76. The van der Waals surface area contributed by atoms with Crippen LogP contribution in [0.3, 0.4) is 0 Å². The van der Waals surface area contributed by atoms with Crippen LogP contribution in [-0.2, 0) is 6.54 Å². The van der Waals surface area contributed by atoms with Crippen molar-refractivity contribution in [1.29, 1.82) is 0 Å². The molecule has 0 heterocycles. The summed E-state index contributed by atoms with van der Waals surface area (Å²) in [4.78, 5) is 0. The van der Waals surface area contributed by atoms with Crippen LogP contribution < -0.4 is 5.32 Å². The van der Waals surface area contributed by atoms with Crippen molar-refractivity contribution >= 4 is 15.9 Å². The third-order valence-electron chi connectivity index (χ3n) is 4.08. The van der Waals surface area contributed by atoms with Crippen molar-refractivity contribution in [3.63, 3.8) is 0 Å². The first-order valence-corrected chi connectivity index (χ1v) is 7.84. The highest BCUT2D eigenvalue weighted by atomic mass is 79.9. The van der Waals surface area contributed by atoms with Crippen molar-refractivity contribution in [2.75, 3.05) is 0 Å². The minimum absolute atomic E-state index is 0.406. The molecule has 1 saturated carbocycles. The van der Waals surface area contributed by atoms with E-state index in [9.17, 15) is 8.78 Å². The van der Waals surface area contributed by atoms with E-state index in [1.54, 1.807) is 0 Å². The molecule has 0 unspecified atom stereocenters. The maximum atomic E-state index is 13.5. The molecular weight excluding hydrogens is 336 g/mol. The molecule has 0 spiro atoms. The van der Waals surface area contributed by atoms with Crippen LogP contribution in [0.15, 0.2) is 46.9 Å². The number of hydrogen-bond donors (Lipinski definition) is 1. The van der Waals surface area contributed by atoms with E-state index in [0.717, 1.165) is 23.4 Å². The predicted molar refractivity (Wildman–Crippen MR) is 83.1 cm³/mol. The van der Waals surface area contributed by atoms with Crippen LogP contribution in [0.2, 0.25) is 0 Å². The minimum atomic E-state index is -0.532. The van der Waals surface area contributed by atoms with Crippen molar-refractivity contribution < 1.29 is 8.78 Å². The first kappa shape index (κ1) is 14.7. The molecular formula is C17H16BrF2N. The molecule has 0 saturated heterocycles. The van der Waals surface area contributed by atoms with Gasteiger partial charge in [-0.2, -0.15) is 0 Å². The molecule has 1 N–H and O–H groups in total. The molecule has 1 aliphatic rings. The summed E-state index contributed by atoms with van der Waals surface area (Å²) >= 11 is 3.43. The average molecular weight is 352 g/mol. The van der Waals surface area contributed by atoms with Gasteiger partial charge in [-0.15, -0.1) is 0 Å². The number of nitrogens with one attached hydrogen (secondary N) is 1. The van der Waals surface area contributed by atoms with Gasteiger partial charge in [0.25, 0.3) is 0 Å². The molecule has 0 radical (unpaired) electrons. The first-order chi connectivity index (χ1) is 10.1. The molecule has 110 valence electrons. The van der Waals surface area contributed by atoms with E-state index < -0.39 is 11.6 Å². The number of hydrogen-bond acceptors (Lipinski definition) is 1. The molecule has 0 bridgehead atoms. The van der Waals surface area contributed by atoms with E-state index in [1.165, 1.54) is 17.7 Å². The zero-order valence-electron chi connectivity index (χ0n) is 11.5. The molecule has 21 heavy (non-hydrogen) atoms. The molecule has 0 atom stereocenters. The summed E-state index contributed by atoms with van der Waals surface area (Å²) in [6.07, 6.45) is 2.12. The average Bonchev–Trinajstić information content (AvgIpc) is 2.41. The monoisotopic (exact) mass is 351 g/mol. The number of rotatable bonds is 4. The molecule has 0 aliphatic heterocycles. The topological polar surface area (TPSA) is 12.0 Å². The Bertz CT molecular complexity index is 621. The van der Waals surface area contributed by atoms with E-state index in [1.807, 2.05) is 0 Å². The van der Waals surface area contributed by atoms with Crippen molar-refractivity contribution in [3.8, 4) is 0 Å². The van der Waals surface area contributed by atoms with Gasteiger partial charge in [0, 0.05) is 28.7 Å². The zero-order valence-corrected chi connectivity index (χ0v) is 13.0. The normalized spacial score (nSPS) is 21.1. The molecule has 1 nitrogen and oxygen atoms in total. The fourth-order valence-corrected chi connectivity index (χ4v) is 2.98. The van der Waals surface area contributed by atoms with Gasteiger partial charge in [-0.1, -0.05) is 34.1 Å². The Morgan fingerprint density at radius 2 is 1.76 bits per heavy atom. The maximum Gasteiger partial charge on any atom is 0.130 e. The van der Waals surface area contributed by atoms with Gasteiger partial charge < -0.3 is 5.32 Å². The van der Waals surface area contributed by atoms with Gasteiger partial charge in [-0.25, -0.2) is 8.78 Å². The highest BCUT2D eigenvalue weighted by Crippen LogP contribution is 2.37. The van der Waals surface area contributed by atoms with Gasteiger partial charge in [0.15, 0.2) is 0 Å². The molecule has 0 amide bonds. The minimum Gasteiger partial charge on any atom is -0.310 e. The van der Waals surface area contributed by atoms with Crippen molar-refractivity contribution in [3.05, 3.63) is 69.7 Å². The smallest absolute Gasteiger partial charge is 0.130 e. The van der Waals surface area contributed by atoms with Gasteiger partial charge in [-0.05, 0) is 42.5 Å². The van der Waals surface area contributed by atoms with Crippen LogP contribution in [-0.4, -0.2) is 6.04 Å². The summed E-state index contributed by atoms with van der Waals surface area (Å²) in [6, 6.07) is 12.5. The lowest BCUT2D eigenvalue weighted by Crippen LogP contribution is -2.39. The van der Waals surface area contributed by atoms with Crippen LogP contribution in [0.25, 0.3) is 0 Å². The van der Waals surface area contributed by atoms with E-state index in [2.05, 4.69) is 45.5 Å². The highest BCUT2D eigenvalue weighted by molar-refractivity contribution is 9.10. The Kier molecular flexibility index (Phi) is 4.36. The van der Waals surface area contributed by atoms with E-state index in [4.69, 9.17) is 0 Å². The van der Waals surface area contributed by atoms with Gasteiger partial charge in [0.1, 0.15) is 11.6 Å². The van der Waals surface area contributed by atoms with Gasteiger partial charge in [-0.3, -0.25) is 0 Å². The van der Waals surface area contributed by atoms with E-state index >= 15 is 0 Å². The van der Waals surface area contributed by atoms with Gasteiger partial charge in [0.05, 0.1) is 0 Å². The summed E-state index contributed by atoms with van der Waals surface area (Å²) in [6.45, 7) is 0.448. The van der Waals surface area contributed by atoms with Gasteiger partial charge >= 0.3 is 0 Å². The second kappa shape index (κ2) is 6.24. The lowest BCUT2D eigenvalue weighted by atomic mass is 9.76. The Balaban J connectivity index is 1.50. The van der Waals surface area contributed by atoms with E-state index in [0.29, 0.717) is 24.1 Å². The largest absolute Gasteiger partial charge is 0.310 e. The molecule has 4 heteroatoms. The molecule has 2 aromatic carbocycles. The molecule has 0 aromatic heterocycles. The zero-order chi connectivity index (χ0) is 14.8. The molecule has 1 fully saturated rings. The summed E-state index contributed by atoms with van der Waals surface area (Å²) in [5, 5.41) is 3.34. The number of benzene rings is 2. The molecule has 1 aliphatic carbocycles. The van der Waals surface area contributed by atoms with Crippen molar-refractivity contribution in [1.82, 2.24) is 5.32 Å². The summed E-state index contributed by atoms with van der Waals surface area (Å²) in [5.41, 5.74) is 1.87. The van der Waals surface area contributed by atoms with E-state index in [-0.39, 0.29) is 0 Å². The SMILES string of the molecule is Fc1ccc(CNC2CC(c3ccc(Br)cc3)C2)c(F)c1. The Morgan fingerprint density at radius 1 is 1.05 bits per heavy atom. The van der Waals surface area contributed by atoms with Gasteiger partial charge in [0.2, 0.25) is 0 Å². The first-order valence-electron chi connectivity index (χ1n) is 7.04. The van der Waals surface area contributed by atoms with Crippen LogP contribution in [0.4, 0.5) is 8.78 Å². The fraction of sp³-hybridized carbons (Fsp3) is 0.294. The third kappa shape index (κ3) is 3.50. The van der Waals surface area contributed by atoms with Crippen molar-refractivity contribution in [2.24, 2.45) is 0 Å². The van der Waals surface area contributed by atoms with Crippen LogP contribution in [0.1, 0.15) is 29.9 Å². The second-order valence-corrected chi connectivity index (χ2v) is 6.45.